The molecule has 3 heterocycles. The van der Waals surface area contributed by atoms with Crippen molar-refractivity contribution in [3.8, 4) is 0 Å². The van der Waals surface area contributed by atoms with Crippen molar-refractivity contribution in [2.24, 2.45) is 0 Å². The monoisotopic (exact) mass is 339 g/mol. The molecule has 2 aromatic rings. The van der Waals surface area contributed by atoms with E-state index in [2.05, 4.69) is 0 Å². The fraction of sp³-hybridized carbons (Fsp3) is 0.381. The van der Waals surface area contributed by atoms with Crippen molar-refractivity contribution >= 4 is 12.0 Å². The molecule has 132 valence electrons. The van der Waals surface area contributed by atoms with Crippen molar-refractivity contribution < 1.29 is 9.47 Å². The summed E-state index contributed by atoms with van der Waals surface area (Å²) in [4.78, 5) is 11.5. The first kappa shape index (κ1) is 17.5. The van der Waals surface area contributed by atoms with Gasteiger partial charge in [0.25, 0.3) is 0 Å². The van der Waals surface area contributed by atoms with E-state index in [9.17, 15) is 4.79 Å². The smallest absolute Gasteiger partial charge is 0.198 e. The van der Waals surface area contributed by atoms with E-state index in [-0.39, 0.29) is 5.43 Å². The molecule has 0 radical (unpaired) electrons. The third kappa shape index (κ3) is 4.20. The third-order valence-corrected chi connectivity index (χ3v) is 4.65. The molecule has 0 amide bonds. The Morgan fingerprint density at radius 3 is 2.12 bits per heavy atom. The quantitative estimate of drug-likeness (QED) is 0.794. The zero-order valence-corrected chi connectivity index (χ0v) is 15.1. The van der Waals surface area contributed by atoms with Gasteiger partial charge in [0.1, 0.15) is 0 Å². The van der Waals surface area contributed by atoms with Crippen LogP contribution in [-0.4, -0.2) is 23.9 Å². The summed E-state index contributed by atoms with van der Waals surface area (Å²) in [5, 5.41) is 0. The highest BCUT2D eigenvalue weighted by atomic mass is 16.5. The molecule has 0 spiro atoms. The Bertz CT molecular complexity index is 762. The molecule has 2 saturated heterocycles. The molecule has 4 nitrogen and oxygen atoms in total. The van der Waals surface area contributed by atoms with Gasteiger partial charge >= 0.3 is 0 Å². The maximum absolute atomic E-state index is 11.5. The highest BCUT2D eigenvalue weighted by Crippen LogP contribution is 2.36. The lowest BCUT2D eigenvalue weighted by molar-refractivity contribution is -0.0647. The van der Waals surface area contributed by atoms with Crippen molar-refractivity contribution in [1.82, 2.24) is 4.57 Å². The number of aryl methyl sites for hydroxylation is 2. The van der Waals surface area contributed by atoms with Gasteiger partial charge in [0, 0.05) is 29.6 Å². The number of fused-ring (bicyclic) bond motifs is 1. The SMILES string of the molecule is C1CC2CC1O2.COC(=Cc1ccccc1)n1c(C)cc(=O)cc1C. The summed E-state index contributed by atoms with van der Waals surface area (Å²) in [5.41, 5.74) is 2.78. The molecule has 1 aromatic carbocycles. The van der Waals surface area contributed by atoms with E-state index >= 15 is 0 Å². The second kappa shape index (κ2) is 7.70. The standard InChI is InChI=1S/C16H17NO2.C5H8O/c1-12-9-15(18)10-13(2)17(12)16(19-3)11-14-7-5-4-6-8-14;1-2-5-3-4(1)6-5/h4-11H,1-3H3;4-5H,1-3H2. The maximum atomic E-state index is 11.5. The number of hydrogen-bond acceptors (Lipinski definition) is 3. The van der Waals surface area contributed by atoms with Gasteiger partial charge in [-0.05, 0) is 38.7 Å². The van der Waals surface area contributed by atoms with E-state index in [4.69, 9.17) is 9.47 Å². The number of nitrogens with zero attached hydrogens (tertiary/aromatic N) is 1. The van der Waals surface area contributed by atoms with Crippen LogP contribution in [0, 0.1) is 13.8 Å². The normalized spacial score (nSPS) is 21.2. The van der Waals surface area contributed by atoms with Gasteiger partial charge in [-0.2, -0.15) is 0 Å². The number of aromatic nitrogens is 1. The Morgan fingerprint density at radius 2 is 1.68 bits per heavy atom. The highest BCUT2D eigenvalue weighted by molar-refractivity contribution is 5.67. The first-order valence-corrected chi connectivity index (χ1v) is 8.73. The van der Waals surface area contributed by atoms with Crippen LogP contribution in [-0.2, 0) is 9.47 Å². The lowest BCUT2D eigenvalue weighted by atomic mass is 10.2. The minimum atomic E-state index is 0.0152. The average Bonchev–Trinajstić information content (AvgIpc) is 3.20. The van der Waals surface area contributed by atoms with Gasteiger partial charge in [-0.25, -0.2) is 0 Å². The van der Waals surface area contributed by atoms with Crippen molar-refractivity contribution in [1.29, 1.82) is 0 Å². The van der Waals surface area contributed by atoms with Crippen LogP contribution in [0.2, 0.25) is 0 Å². The van der Waals surface area contributed by atoms with E-state index < -0.39 is 0 Å². The molecule has 3 aliphatic rings. The van der Waals surface area contributed by atoms with Crippen LogP contribution >= 0.6 is 0 Å². The van der Waals surface area contributed by atoms with E-state index in [0.717, 1.165) is 17.0 Å². The first-order chi connectivity index (χ1) is 12.1. The Labute approximate surface area is 148 Å². The van der Waals surface area contributed by atoms with Crippen LogP contribution in [0.3, 0.4) is 0 Å². The summed E-state index contributed by atoms with van der Waals surface area (Å²) in [6.45, 7) is 3.79. The van der Waals surface area contributed by atoms with Gasteiger partial charge in [-0.3, -0.25) is 9.36 Å². The molecule has 2 aliphatic heterocycles. The molecule has 4 heteroatoms. The number of ether oxygens (including phenoxy) is 2. The molecular formula is C21H25NO3. The van der Waals surface area contributed by atoms with Gasteiger partial charge in [-0.15, -0.1) is 0 Å². The Hall–Kier alpha value is -2.33. The van der Waals surface area contributed by atoms with Crippen LogP contribution < -0.4 is 5.43 Å². The molecule has 3 fully saturated rings. The zero-order chi connectivity index (χ0) is 17.8. The van der Waals surface area contributed by atoms with Crippen LogP contribution in [0.15, 0.2) is 47.3 Å². The van der Waals surface area contributed by atoms with Crippen molar-refractivity contribution in [2.45, 2.75) is 45.3 Å². The predicted octanol–water partition coefficient (Wildman–Crippen LogP) is 4.00. The molecule has 2 bridgehead atoms. The topological polar surface area (TPSA) is 40.5 Å². The third-order valence-electron chi connectivity index (χ3n) is 4.65. The number of hydrogen-bond donors (Lipinski definition) is 0. The largest absolute Gasteiger partial charge is 0.482 e. The van der Waals surface area contributed by atoms with Crippen LogP contribution in [0.4, 0.5) is 0 Å². The minimum absolute atomic E-state index is 0.0152. The number of rotatable bonds is 3. The molecule has 2 unspecified atom stereocenters. The summed E-state index contributed by atoms with van der Waals surface area (Å²) in [7, 11) is 1.63. The van der Waals surface area contributed by atoms with Crippen LogP contribution in [0.5, 0.6) is 0 Å². The summed E-state index contributed by atoms with van der Waals surface area (Å²) < 4.78 is 12.6. The second-order valence-corrected chi connectivity index (χ2v) is 6.60. The minimum Gasteiger partial charge on any atom is -0.482 e. The molecule has 2 atom stereocenters. The van der Waals surface area contributed by atoms with Crippen LogP contribution in [0.25, 0.3) is 12.0 Å². The average molecular weight is 339 g/mol. The lowest BCUT2D eigenvalue weighted by Crippen LogP contribution is -2.25. The fourth-order valence-corrected chi connectivity index (χ4v) is 3.41. The lowest BCUT2D eigenvalue weighted by Gasteiger charge is -2.23. The predicted molar refractivity (Wildman–Crippen MR) is 100 cm³/mol. The van der Waals surface area contributed by atoms with Gasteiger partial charge < -0.3 is 9.47 Å². The number of benzene rings is 1. The van der Waals surface area contributed by atoms with E-state index in [1.807, 2.05) is 54.8 Å². The molecule has 5 rings (SSSR count). The Morgan fingerprint density at radius 1 is 1.12 bits per heavy atom. The molecule has 1 aliphatic carbocycles. The summed E-state index contributed by atoms with van der Waals surface area (Å²) in [6.07, 6.45) is 7.37. The van der Waals surface area contributed by atoms with Gasteiger partial charge in [-0.1, -0.05) is 30.3 Å². The molecular weight excluding hydrogens is 314 g/mol. The second-order valence-electron chi connectivity index (χ2n) is 6.60. The Balaban J connectivity index is 0.000000250. The maximum Gasteiger partial charge on any atom is 0.198 e. The van der Waals surface area contributed by atoms with Gasteiger partial charge in [0.05, 0.1) is 19.3 Å². The molecule has 1 aromatic heterocycles. The Kier molecular flexibility index (Phi) is 5.39. The van der Waals surface area contributed by atoms with Crippen molar-refractivity contribution in [3.63, 3.8) is 0 Å². The molecule has 25 heavy (non-hydrogen) atoms. The van der Waals surface area contributed by atoms with E-state index in [1.165, 1.54) is 19.3 Å². The molecule has 1 saturated carbocycles. The fourth-order valence-electron chi connectivity index (χ4n) is 3.41. The number of methoxy groups -OCH3 is 1. The summed E-state index contributed by atoms with van der Waals surface area (Å²) in [5.74, 6) is 0.696. The van der Waals surface area contributed by atoms with Gasteiger partial charge in [0.15, 0.2) is 11.3 Å². The molecule has 0 N–H and O–H groups in total. The van der Waals surface area contributed by atoms with Crippen LogP contribution in [0.1, 0.15) is 36.2 Å². The van der Waals surface area contributed by atoms with Crippen molar-refractivity contribution in [3.05, 3.63) is 69.6 Å². The van der Waals surface area contributed by atoms with E-state index in [0.29, 0.717) is 18.1 Å². The first-order valence-electron chi connectivity index (χ1n) is 8.73. The summed E-state index contributed by atoms with van der Waals surface area (Å²) in [6, 6.07) is 13.1. The highest BCUT2D eigenvalue weighted by Gasteiger charge is 2.36. The van der Waals surface area contributed by atoms with E-state index in [1.54, 1.807) is 19.2 Å². The summed E-state index contributed by atoms with van der Waals surface area (Å²) >= 11 is 0. The zero-order valence-electron chi connectivity index (χ0n) is 15.1. The van der Waals surface area contributed by atoms with Crippen molar-refractivity contribution in [2.75, 3.05) is 7.11 Å². The number of pyridine rings is 1. The van der Waals surface area contributed by atoms with Gasteiger partial charge in [0.2, 0.25) is 0 Å².